The quantitative estimate of drug-likeness (QED) is 0.396. The summed E-state index contributed by atoms with van der Waals surface area (Å²) in [4.78, 5) is 20.6. The highest BCUT2D eigenvalue weighted by atomic mass is 16.5. The van der Waals surface area contributed by atoms with Gasteiger partial charge in [0.05, 0.1) is 34.2 Å². The molecule has 8 heteroatoms. The molecule has 0 radical (unpaired) electrons. The first-order valence-electron chi connectivity index (χ1n) is 8.91. The fourth-order valence-corrected chi connectivity index (χ4v) is 2.94. The lowest BCUT2D eigenvalue weighted by Crippen LogP contribution is -2.18. The number of nitrogens with one attached hydrogen (secondary N) is 1. The normalized spacial score (nSPS) is 10.9. The Balaban J connectivity index is 1.55. The fraction of sp³-hybridized carbons (Fsp3) is 0.143. The number of carbonyl (C=O) groups excluding carboxylic acids is 1. The van der Waals surface area contributed by atoms with E-state index in [2.05, 4.69) is 15.1 Å². The molecule has 0 bridgehead atoms. The number of hydrogen-bond donors (Lipinski definition) is 2. The molecule has 0 aliphatic heterocycles. The van der Waals surface area contributed by atoms with Gasteiger partial charge in [-0.1, -0.05) is 5.16 Å². The maximum absolute atomic E-state index is 11.6. The van der Waals surface area contributed by atoms with Gasteiger partial charge in [0.2, 0.25) is 0 Å². The van der Waals surface area contributed by atoms with Gasteiger partial charge in [0.1, 0.15) is 18.1 Å². The van der Waals surface area contributed by atoms with Crippen LogP contribution in [0.2, 0.25) is 0 Å². The second-order valence-electron chi connectivity index (χ2n) is 6.52. The van der Waals surface area contributed by atoms with Gasteiger partial charge < -0.3 is 9.26 Å². The number of rotatable bonds is 5. The van der Waals surface area contributed by atoms with E-state index in [1.807, 2.05) is 38.1 Å². The first-order valence-corrected chi connectivity index (χ1v) is 8.91. The summed E-state index contributed by atoms with van der Waals surface area (Å²) >= 11 is 0. The summed E-state index contributed by atoms with van der Waals surface area (Å²) in [5.74, 6) is 0.864. The summed E-state index contributed by atoms with van der Waals surface area (Å²) in [6, 6.07) is 12.3. The summed E-state index contributed by atoms with van der Waals surface area (Å²) in [5.41, 5.74) is 6.42. The standard InChI is InChI=1S/C21H18N4O4/c1-12-17(13(2)29-25-12)11-28-16-6-3-14(4-7-16)20-10-22-18-8-5-15(21(26)24-27)9-19(18)23-20/h3-10,27H,11H2,1-2H3,(H,24,26). The monoisotopic (exact) mass is 390 g/mol. The van der Waals surface area contributed by atoms with Crippen molar-refractivity contribution in [3.8, 4) is 17.0 Å². The van der Waals surface area contributed by atoms with E-state index in [-0.39, 0.29) is 0 Å². The van der Waals surface area contributed by atoms with Gasteiger partial charge in [0.25, 0.3) is 5.91 Å². The summed E-state index contributed by atoms with van der Waals surface area (Å²) in [6.45, 7) is 4.12. The zero-order chi connectivity index (χ0) is 20.4. The van der Waals surface area contributed by atoms with Crippen molar-refractivity contribution in [2.75, 3.05) is 0 Å². The van der Waals surface area contributed by atoms with Gasteiger partial charge in [-0.25, -0.2) is 10.5 Å². The largest absolute Gasteiger partial charge is 0.489 e. The van der Waals surface area contributed by atoms with E-state index in [1.165, 1.54) is 0 Å². The second kappa shape index (κ2) is 7.69. The van der Waals surface area contributed by atoms with Crippen molar-refractivity contribution in [2.24, 2.45) is 0 Å². The van der Waals surface area contributed by atoms with E-state index in [0.29, 0.717) is 34.6 Å². The van der Waals surface area contributed by atoms with Gasteiger partial charge in [-0.05, 0) is 56.3 Å². The molecule has 4 aromatic rings. The van der Waals surface area contributed by atoms with Crippen LogP contribution in [0.1, 0.15) is 27.4 Å². The zero-order valence-corrected chi connectivity index (χ0v) is 15.8. The number of carbonyl (C=O) groups is 1. The lowest BCUT2D eigenvalue weighted by Gasteiger charge is -2.08. The van der Waals surface area contributed by atoms with Crippen molar-refractivity contribution in [3.63, 3.8) is 0 Å². The maximum Gasteiger partial charge on any atom is 0.274 e. The Morgan fingerprint density at radius 2 is 1.93 bits per heavy atom. The zero-order valence-electron chi connectivity index (χ0n) is 15.8. The van der Waals surface area contributed by atoms with Crippen LogP contribution in [0.3, 0.4) is 0 Å². The molecular formula is C21H18N4O4. The highest BCUT2D eigenvalue weighted by Crippen LogP contribution is 2.24. The van der Waals surface area contributed by atoms with Gasteiger partial charge in [0.15, 0.2) is 0 Å². The predicted molar refractivity (Wildman–Crippen MR) is 105 cm³/mol. The van der Waals surface area contributed by atoms with Gasteiger partial charge >= 0.3 is 0 Å². The smallest absolute Gasteiger partial charge is 0.274 e. The van der Waals surface area contributed by atoms with Gasteiger partial charge in [-0.2, -0.15) is 0 Å². The van der Waals surface area contributed by atoms with Crippen LogP contribution in [0, 0.1) is 13.8 Å². The molecule has 2 aromatic carbocycles. The number of aryl methyl sites for hydroxylation is 2. The minimum absolute atomic E-state index is 0.300. The molecule has 0 saturated heterocycles. The van der Waals surface area contributed by atoms with E-state index in [1.54, 1.807) is 29.9 Å². The molecule has 4 rings (SSSR count). The Hall–Kier alpha value is -3.78. The highest BCUT2D eigenvalue weighted by molar-refractivity contribution is 5.96. The fourth-order valence-electron chi connectivity index (χ4n) is 2.94. The van der Waals surface area contributed by atoms with Crippen LogP contribution < -0.4 is 10.2 Å². The maximum atomic E-state index is 11.6. The number of ether oxygens (including phenoxy) is 1. The summed E-state index contributed by atoms with van der Waals surface area (Å²) < 4.78 is 11.0. The van der Waals surface area contributed by atoms with Crippen LogP contribution in [0.25, 0.3) is 22.3 Å². The number of aromatic nitrogens is 3. The molecule has 8 nitrogen and oxygen atoms in total. The summed E-state index contributed by atoms with van der Waals surface area (Å²) in [6.07, 6.45) is 1.67. The molecular weight excluding hydrogens is 372 g/mol. The van der Waals surface area contributed by atoms with E-state index in [4.69, 9.17) is 14.5 Å². The average Bonchev–Trinajstić information content (AvgIpc) is 3.08. The molecule has 0 unspecified atom stereocenters. The first-order chi connectivity index (χ1) is 14.0. The molecule has 0 spiro atoms. The van der Waals surface area contributed by atoms with Gasteiger partial charge in [0, 0.05) is 11.1 Å². The molecule has 2 aromatic heterocycles. The number of fused-ring (bicyclic) bond motifs is 1. The van der Waals surface area contributed by atoms with Crippen molar-refractivity contribution in [2.45, 2.75) is 20.5 Å². The van der Waals surface area contributed by atoms with Crippen molar-refractivity contribution < 1.29 is 19.3 Å². The van der Waals surface area contributed by atoms with Crippen molar-refractivity contribution in [1.82, 2.24) is 20.6 Å². The minimum Gasteiger partial charge on any atom is -0.489 e. The van der Waals surface area contributed by atoms with Crippen LogP contribution in [-0.2, 0) is 6.61 Å². The Labute approximate surface area is 166 Å². The number of amides is 1. The minimum atomic E-state index is -0.598. The van der Waals surface area contributed by atoms with E-state index < -0.39 is 5.91 Å². The second-order valence-corrected chi connectivity index (χ2v) is 6.52. The van der Waals surface area contributed by atoms with Crippen LogP contribution in [0.5, 0.6) is 5.75 Å². The van der Waals surface area contributed by atoms with Crippen LogP contribution >= 0.6 is 0 Å². The molecule has 29 heavy (non-hydrogen) atoms. The molecule has 0 aliphatic rings. The Kier molecular flexibility index (Phi) is 4.92. The Bertz CT molecular complexity index is 1170. The van der Waals surface area contributed by atoms with Gasteiger partial charge in [-0.15, -0.1) is 0 Å². The molecule has 0 fully saturated rings. The van der Waals surface area contributed by atoms with Crippen LogP contribution in [0.4, 0.5) is 0 Å². The number of nitrogens with zero attached hydrogens (tertiary/aromatic N) is 3. The molecule has 0 aliphatic carbocycles. The summed E-state index contributed by atoms with van der Waals surface area (Å²) in [7, 11) is 0. The molecule has 2 heterocycles. The first kappa shape index (κ1) is 18.6. The van der Waals surface area contributed by atoms with E-state index >= 15 is 0 Å². The van der Waals surface area contributed by atoms with Crippen molar-refractivity contribution in [1.29, 1.82) is 0 Å². The van der Waals surface area contributed by atoms with E-state index in [0.717, 1.165) is 22.6 Å². The van der Waals surface area contributed by atoms with Crippen LogP contribution in [-0.4, -0.2) is 26.2 Å². The predicted octanol–water partition coefficient (Wildman–Crippen LogP) is 3.60. The third kappa shape index (κ3) is 3.78. The lowest BCUT2D eigenvalue weighted by molar-refractivity contribution is 0.0706. The Morgan fingerprint density at radius 3 is 2.62 bits per heavy atom. The summed E-state index contributed by atoms with van der Waals surface area (Å²) in [5, 5.41) is 12.7. The Morgan fingerprint density at radius 1 is 1.14 bits per heavy atom. The number of hydrogen-bond acceptors (Lipinski definition) is 7. The van der Waals surface area contributed by atoms with Crippen molar-refractivity contribution >= 4 is 16.9 Å². The topological polar surface area (TPSA) is 110 Å². The third-order valence-electron chi connectivity index (χ3n) is 4.62. The number of benzene rings is 2. The molecule has 2 N–H and O–H groups in total. The van der Waals surface area contributed by atoms with Crippen molar-refractivity contribution in [3.05, 3.63) is 71.2 Å². The highest BCUT2D eigenvalue weighted by Gasteiger charge is 2.11. The molecule has 0 atom stereocenters. The molecule has 146 valence electrons. The van der Waals surface area contributed by atoms with Crippen LogP contribution in [0.15, 0.2) is 53.2 Å². The SMILES string of the molecule is Cc1noc(C)c1COc1ccc(-c2cnc3ccc(C(=O)NO)cc3n2)cc1. The van der Waals surface area contributed by atoms with Gasteiger partial charge in [-0.3, -0.25) is 15.0 Å². The number of hydroxylamine groups is 1. The van der Waals surface area contributed by atoms with E-state index in [9.17, 15) is 4.79 Å². The average molecular weight is 390 g/mol. The molecule has 1 amide bonds. The molecule has 0 saturated carbocycles. The third-order valence-corrected chi connectivity index (χ3v) is 4.62. The lowest BCUT2D eigenvalue weighted by atomic mass is 10.1.